The number of likely N-dealkylation sites (N-methyl/N-ethyl adjacent to an activating group) is 1. The second-order valence-corrected chi connectivity index (χ2v) is 8.61. The van der Waals surface area contributed by atoms with Crippen molar-refractivity contribution in [3.63, 3.8) is 0 Å². The Labute approximate surface area is 190 Å². The summed E-state index contributed by atoms with van der Waals surface area (Å²) in [6, 6.07) is 13.2. The first-order valence-corrected chi connectivity index (χ1v) is 11.0. The van der Waals surface area contributed by atoms with Crippen molar-refractivity contribution in [2.24, 2.45) is 0 Å². The first kappa shape index (κ1) is 22.6. The van der Waals surface area contributed by atoms with Gasteiger partial charge >= 0.3 is 0 Å². The minimum absolute atomic E-state index is 0.132. The van der Waals surface area contributed by atoms with E-state index in [9.17, 15) is 4.79 Å². The largest absolute Gasteiger partial charge is 0.491 e. The number of benzene rings is 2. The molecule has 5 nitrogen and oxygen atoms in total. The van der Waals surface area contributed by atoms with Gasteiger partial charge in [0.1, 0.15) is 29.0 Å². The molecule has 0 N–H and O–H groups in total. The summed E-state index contributed by atoms with van der Waals surface area (Å²) in [5, 5.41) is 0.560. The van der Waals surface area contributed by atoms with Gasteiger partial charge in [0.2, 0.25) is 0 Å². The number of thioether (sulfide) groups is 1. The lowest BCUT2D eigenvalue weighted by Crippen LogP contribution is -2.22. The predicted molar refractivity (Wildman–Crippen MR) is 125 cm³/mol. The summed E-state index contributed by atoms with van der Waals surface area (Å²) in [6.45, 7) is 3.71. The molecule has 0 aliphatic carbocycles. The van der Waals surface area contributed by atoms with E-state index < -0.39 is 0 Å². The van der Waals surface area contributed by atoms with Crippen LogP contribution in [0.3, 0.4) is 0 Å². The van der Waals surface area contributed by atoms with Gasteiger partial charge < -0.3 is 14.2 Å². The van der Waals surface area contributed by atoms with Crippen LogP contribution in [0, 0.1) is 6.92 Å². The third kappa shape index (κ3) is 5.98. The molecule has 2 aromatic rings. The molecule has 1 amide bonds. The number of aryl methyl sites for hydroxylation is 1. The third-order valence-corrected chi connectivity index (χ3v) is 6.03. The number of para-hydroxylation sites is 1. The molecule has 30 heavy (non-hydrogen) atoms. The molecule has 2 aromatic carbocycles. The van der Waals surface area contributed by atoms with E-state index in [0.29, 0.717) is 46.4 Å². The van der Waals surface area contributed by atoms with Gasteiger partial charge in [0.15, 0.2) is 0 Å². The molecular formula is C22H22ClNO4S2. The van der Waals surface area contributed by atoms with E-state index in [4.69, 9.17) is 38.0 Å². The quantitative estimate of drug-likeness (QED) is 0.298. The summed E-state index contributed by atoms with van der Waals surface area (Å²) in [5.41, 5.74) is 1.82. The van der Waals surface area contributed by atoms with E-state index in [1.54, 1.807) is 31.3 Å². The van der Waals surface area contributed by atoms with E-state index >= 15 is 0 Å². The van der Waals surface area contributed by atoms with Crippen molar-refractivity contribution in [2.75, 3.05) is 33.5 Å². The van der Waals surface area contributed by atoms with Crippen LogP contribution >= 0.6 is 35.6 Å². The Hall–Kier alpha value is -2.06. The van der Waals surface area contributed by atoms with Gasteiger partial charge in [-0.3, -0.25) is 9.69 Å². The molecule has 158 valence electrons. The average Bonchev–Trinajstić information content (AvgIpc) is 2.96. The fourth-order valence-electron chi connectivity index (χ4n) is 2.69. The molecule has 1 saturated heterocycles. The highest BCUT2D eigenvalue weighted by atomic mass is 35.5. The highest BCUT2D eigenvalue weighted by Gasteiger charge is 2.29. The van der Waals surface area contributed by atoms with Gasteiger partial charge in [-0.15, -0.1) is 0 Å². The molecule has 0 spiro atoms. The Morgan fingerprint density at radius 1 is 1.07 bits per heavy atom. The highest BCUT2D eigenvalue weighted by Crippen LogP contribution is 2.34. The summed E-state index contributed by atoms with van der Waals surface area (Å²) in [7, 11) is 1.66. The molecule has 3 rings (SSSR count). The van der Waals surface area contributed by atoms with E-state index in [1.807, 2.05) is 31.2 Å². The molecule has 1 fully saturated rings. The second kappa shape index (κ2) is 10.8. The third-order valence-electron chi connectivity index (χ3n) is 4.31. The van der Waals surface area contributed by atoms with Crippen molar-refractivity contribution in [1.29, 1.82) is 0 Å². The minimum atomic E-state index is -0.132. The molecule has 0 aromatic heterocycles. The fraction of sp³-hybridized carbons (Fsp3) is 0.273. The normalized spacial score (nSPS) is 15.2. The standard InChI is InChI=1S/C22H22ClNO4S2/c1-15-5-3-4-6-18(15)27-11-9-26-10-12-28-19-8-7-17(23)13-16(19)14-20-21(25)24(2)22(29)30-20/h3-8,13-14H,9-12H2,1-2H3/b20-14-. The van der Waals surface area contributed by atoms with E-state index in [2.05, 4.69) is 0 Å². The molecule has 0 radical (unpaired) electrons. The Morgan fingerprint density at radius 3 is 2.43 bits per heavy atom. The van der Waals surface area contributed by atoms with Crippen LogP contribution in [0.25, 0.3) is 6.08 Å². The maximum atomic E-state index is 12.2. The van der Waals surface area contributed by atoms with Crippen molar-refractivity contribution in [3.05, 3.63) is 63.5 Å². The number of hydrogen-bond acceptors (Lipinski definition) is 6. The highest BCUT2D eigenvalue weighted by molar-refractivity contribution is 8.26. The monoisotopic (exact) mass is 463 g/mol. The zero-order valence-electron chi connectivity index (χ0n) is 16.7. The van der Waals surface area contributed by atoms with Gasteiger partial charge in [0.25, 0.3) is 5.91 Å². The zero-order chi connectivity index (χ0) is 21.5. The minimum Gasteiger partial charge on any atom is -0.491 e. The van der Waals surface area contributed by atoms with Crippen LogP contribution in [0.2, 0.25) is 5.02 Å². The summed E-state index contributed by atoms with van der Waals surface area (Å²) in [6.07, 6.45) is 1.75. The van der Waals surface area contributed by atoms with Crippen molar-refractivity contribution in [3.8, 4) is 11.5 Å². The van der Waals surface area contributed by atoms with Crippen LogP contribution in [0.1, 0.15) is 11.1 Å². The molecule has 0 unspecified atom stereocenters. The van der Waals surface area contributed by atoms with Crippen molar-refractivity contribution in [1.82, 2.24) is 4.90 Å². The first-order valence-electron chi connectivity index (χ1n) is 9.36. The molecule has 1 heterocycles. The fourth-order valence-corrected chi connectivity index (χ4v) is 4.04. The molecule has 0 bridgehead atoms. The van der Waals surface area contributed by atoms with Crippen LogP contribution in [0.15, 0.2) is 47.4 Å². The number of amides is 1. The number of carbonyl (C=O) groups excluding carboxylic acids is 1. The van der Waals surface area contributed by atoms with Gasteiger partial charge in [0, 0.05) is 17.6 Å². The van der Waals surface area contributed by atoms with Crippen molar-refractivity contribution in [2.45, 2.75) is 6.92 Å². The smallest absolute Gasteiger partial charge is 0.265 e. The summed E-state index contributed by atoms with van der Waals surface area (Å²) in [5.74, 6) is 1.36. The van der Waals surface area contributed by atoms with Gasteiger partial charge in [-0.05, 0) is 42.8 Å². The van der Waals surface area contributed by atoms with Crippen LogP contribution in [-0.4, -0.2) is 48.6 Å². The zero-order valence-corrected chi connectivity index (χ0v) is 19.1. The molecule has 0 saturated carbocycles. The van der Waals surface area contributed by atoms with E-state index in [-0.39, 0.29) is 5.91 Å². The number of carbonyl (C=O) groups is 1. The Bertz CT molecular complexity index is 964. The van der Waals surface area contributed by atoms with Gasteiger partial charge in [-0.1, -0.05) is 53.8 Å². The number of hydrogen-bond donors (Lipinski definition) is 0. The van der Waals surface area contributed by atoms with E-state index in [0.717, 1.165) is 16.9 Å². The predicted octanol–water partition coefficient (Wildman–Crippen LogP) is 4.95. The van der Waals surface area contributed by atoms with E-state index in [1.165, 1.54) is 16.7 Å². The van der Waals surface area contributed by atoms with Crippen LogP contribution in [-0.2, 0) is 9.53 Å². The number of ether oxygens (including phenoxy) is 3. The Morgan fingerprint density at radius 2 is 1.77 bits per heavy atom. The number of halogens is 1. The van der Waals surface area contributed by atoms with Gasteiger partial charge in [0.05, 0.1) is 18.1 Å². The molecule has 1 aliphatic rings. The van der Waals surface area contributed by atoms with Crippen molar-refractivity contribution < 1.29 is 19.0 Å². The van der Waals surface area contributed by atoms with Crippen LogP contribution in [0.5, 0.6) is 11.5 Å². The maximum absolute atomic E-state index is 12.2. The van der Waals surface area contributed by atoms with Crippen LogP contribution < -0.4 is 9.47 Å². The molecule has 1 aliphatic heterocycles. The lowest BCUT2D eigenvalue weighted by Gasteiger charge is -2.12. The van der Waals surface area contributed by atoms with Crippen molar-refractivity contribution >= 4 is 51.9 Å². The lowest BCUT2D eigenvalue weighted by molar-refractivity contribution is -0.121. The number of rotatable bonds is 9. The Balaban J connectivity index is 1.48. The molecule has 0 atom stereocenters. The molecule has 8 heteroatoms. The number of nitrogens with zero attached hydrogens (tertiary/aromatic N) is 1. The number of thiocarbonyl (C=S) groups is 1. The summed E-state index contributed by atoms with van der Waals surface area (Å²) in [4.78, 5) is 14.2. The maximum Gasteiger partial charge on any atom is 0.265 e. The second-order valence-electron chi connectivity index (χ2n) is 6.50. The van der Waals surface area contributed by atoms with Gasteiger partial charge in [-0.25, -0.2) is 0 Å². The summed E-state index contributed by atoms with van der Waals surface area (Å²) < 4.78 is 17.6. The Kier molecular flexibility index (Phi) is 8.16. The van der Waals surface area contributed by atoms with Gasteiger partial charge in [-0.2, -0.15) is 0 Å². The molecular weight excluding hydrogens is 442 g/mol. The lowest BCUT2D eigenvalue weighted by atomic mass is 10.2. The summed E-state index contributed by atoms with van der Waals surface area (Å²) >= 11 is 12.6. The SMILES string of the molecule is Cc1ccccc1OCCOCCOc1ccc(Cl)cc1/C=C1\SC(=S)N(C)C1=O. The average molecular weight is 464 g/mol. The first-order chi connectivity index (χ1) is 14.5. The topological polar surface area (TPSA) is 48.0 Å². The van der Waals surface area contributed by atoms with Crippen LogP contribution in [0.4, 0.5) is 0 Å².